The molecule has 1 aliphatic heterocycles. The van der Waals surface area contributed by atoms with Gasteiger partial charge in [-0.3, -0.25) is 4.99 Å². The van der Waals surface area contributed by atoms with Crippen molar-refractivity contribution in [3.63, 3.8) is 0 Å². The molecule has 116 valence electrons. The first-order valence-corrected chi connectivity index (χ1v) is 8.31. The van der Waals surface area contributed by atoms with Gasteiger partial charge < -0.3 is 20.5 Å². The summed E-state index contributed by atoms with van der Waals surface area (Å²) < 4.78 is 5.55. The number of guanidine groups is 1. The maximum Gasteiger partial charge on any atom is 0.191 e. The van der Waals surface area contributed by atoms with Gasteiger partial charge in [0.15, 0.2) is 5.96 Å². The van der Waals surface area contributed by atoms with E-state index in [4.69, 9.17) is 10.5 Å². The molecule has 1 aromatic carbocycles. The average molecular weight is 309 g/mol. The molecule has 21 heavy (non-hydrogen) atoms. The van der Waals surface area contributed by atoms with E-state index in [1.807, 2.05) is 43.0 Å². The highest BCUT2D eigenvalue weighted by molar-refractivity contribution is 7.99. The highest BCUT2D eigenvalue weighted by Gasteiger charge is 2.13. The van der Waals surface area contributed by atoms with Gasteiger partial charge in [0.2, 0.25) is 0 Å². The van der Waals surface area contributed by atoms with Crippen molar-refractivity contribution in [1.29, 1.82) is 0 Å². The minimum Gasteiger partial charge on any atom is -0.491 e. The summed E-state index contributed by atoms with van der Waals surface area (Å²) in [4.78, 5) is 6.32. The van der Waals surface area contributed by atoms with Crippen LogP contribution in [0.2, 0.25) is 0 Å². The third-order valence-electron chi connectivity index (χ3n) is 3.23. The number of hydrogen-bond acceptors (Lipinski definition) is 4. The van der Waals surface area contributed by atoms with Crippen molar-refractivity contribution in [2.75, 3.05) is 37.7 Å². The predicted molar refractivity (Wildman–Crippen MR) is 88.1 cm³/mol. The number of rotatable bonds is 5. The van der Waals surface area contributed by atoms with Crippen molar-refractivity contribution in [1.82, 2.24) is 4.90 Å². The normalized spacial score (nSPS) is 17.6. The zero-order chi connectivity index (χ0) is 15.1. The lowest BCUT2D eigenvalue weighted by Crippen LogP contribution is -2.43. The van der Waals surface area contributed by atoms with Gasteiger partial charge in [-0.15, -0.1) is 0 Å². The summed E-state index contributed by atoms with van der Waals surface area (Å²) in [6.45, 7) is 4.34. The molecule has 1 fully saturated rings. The minimum atomic E-state index is -0.650. The molecule has 1 saturated heterocycles. The Morgan fingerprint density at radius 3 is 2.95 bits per heavy atom. The Morgan fingerprint density at radius 1 is 1.48 bits per heavy atom. The van der Waals surface area contributed by atoms with E-state index in [0.717, 1.165) is 35.9 Å². The van der Waals surface area contributed by atoms with E-state index in [0.29, 0.717) is 5.96 Å². The van der Waals surface area contributed by atoms with Gasteiger partial charge in [-0.1, -0.05) is 12.1 Å². The Balaban J connectivity index is 1.74. The van der Waals surface area contributed by atoms with Crippen LogP contribution in [0.1, 0.15) is 5.56 Å². The summed E-state index contributed by atoms with van der Waals surface area (Å²) in [5.41, 5.74) is 7.07. The Hall–Kier alpha value is -1.40. The van der Waals surface area contributed by atoms with Gasteiger partial charge in [-0.25, -0.2) is 0 Å². The Bertz CT molecular complexity index is 476. The van der Waals surface area contributed by atoms with Crippen LogP contribution in [0.25, 0.3) is 0 Å². The smallest absolute Gasteiger partial charge is 0.191 e. The first-order valence-electron chi connectivity index (χ1n) is 7.15. The number of hydrogen-bond donors (Lipinski definition) is 2. The second-order valence-corrected chi connectivity index (χ2v) is 6.30. The fourth-order valence-corrected chi connectivity index (χ4v) is 2.94. The number of thioether (sulfide) groups is 1. The van der Waals surface area contributed by atoms with Gasteiger partial charge in [0, 0.05) is 24.6 Å². The van der Waals surface area contributed by atoms with Crippen LogP contribution >= 0.6 is 11.8 Å². The van der Waals surface area contributed by atoms with Gasteiger partial charge in [0.1, 0.15) is 18.5 Å². The zero-order valence-electron chi connectivity index (χ0n) is 12.4. The lowest BCUT2D eigenvalue weighted by atomic mass is 10.2. The van der Waals surface area contributed by atoms with Gasteiger partial charge in [-0.2, -0.15) is 11.8 Å². The van der Waals surface area contributed by atoms with Gasteiger partial charge in [0.25, 0.3) is 0 Å². The number of nitrogens with zero attached hydrogens (tertiary/aromatic N) is 2. The van der Waals surface area contributed by atoms with E-state index >= 15 is 0 Å². The minimum absolute atomic E-state index is 0.218. The lowest BCUT2D eigenvalue weighted by molar-refractivity contribution is 0.114. The number of ether oxygens (including phenoxy) is 1. The van der Waals surface area contributed by atoms with Crippen molar-refractivity contribution in [2.24, 2.45) is 10.7 Å². The molecule has 1 atom stereocenters. The summed E-state index contributed by atoms with van der Waals surface area (Å²) in [5, 5.41) is 9.92. The van der Waals surface area contributed by atoms with E-state index in [2.05, 4.69) is 9.89 Å². The summed E-state index contributed by atoms with van der Waals surface area (Å²) in [5.74, 6) is 3.44. The molecule has 0 saturated carbocycles. The third-order valence-corrected chi connectivity index (χ3v) is 4.17. The number of aliphatic hydroxyl groups excluding tert-OH is 1. The predicted octanol–water partition coefficient (Wildman–Crippen LogP) is 1.10. The average Bonchev–Trinajstić information content (AvgIpc) is 2.51. The van der Waals surface area contributed by atoms with Crippen LogP contribution in [0.4, 0.5) is 0 Å². The summed E-state index contributed by atoms with van der Waals surface area (Å²) >= 11 is 1.93. The fourth-order valence-electron chi connectivity index (χ4n) is 2.04. The Labute approximate surface area is 130 Å². The molecule has 5 nitrogen and oxygen atoms in total. The van der Waals surface area contributed by atoms with Crippen molar-refractivity contribution in [3.05, 3.63) is 29.8 Å². The first kappa shape index (κ1) is 16.0. The van der Waals surface area contributed by atoms with Crippen LogP contribution in [0, 0.1) is 6.92 Å². The van der Waals surface area contributed by atoms with Crippen LogP contribution in [-0.4, -0.2) is 59.8 Å². The van der Waals surface area contributed by atoms with Crippen LogP contribution in [0.15, 0.2) is 29.3 Å². The number of aliphatic hydroxyl groups is 1. The molecule has 3 N–H and O–H groups in total. The second kappa shape index (κ2) is 8.14. The molecule has 2 rings (SSSR count). The van der Waals surface area contributed by atoms with E-state index < -0.39 is 6.10 Å². The number of nitrogens with two attached hydrogens (primary N) is 1. The zero-order valence-corrected chi connectivity index (χ0v) is 13.2. The molecule has 0 spiro atoms. The molecule has 0 radical (unpaired) electrons. The monoisotopic (exact) mass is 309 g/mol. The highest BCUT2D eigenvalue weighted by atomic mass is 32.2. The molecule has 1 aliphatic rings. The first-order chi connectivity index (χ1) is 10.1. The van der Waals surface area contributed by atoms with E-state index in [9.17, 15) is 5.11 Å². The topological polar surface area (TPSA) is 71.1 Å². The van der Waals surface area contributed by atoms with E-state index in [1.54, 1.807) is 0 Å². The van der Waals surface area contributed by atoms with Crippen molar-refractivity contribution in [2.45, 2.75) is 13.0 Å². The molecular weight excluding hydrogens is 286 g/mol. The summed E-state index contributed by atoms with van der Waals surface area (Å²) in [6, 6.07) is 7.76. The van der Waals surface area contributed by atoms with E-state index in [-0.39, 0.29) is 13.2 Å². The summed E-state index contributed by atoms with van der Waals surface area (Å²) in [7, 11) is 0. The van der Waals surface area contributed by atoms with Crippen molar-refractivity contribution < 1.29 is 9.84 Å². The SMILES string of the molecule is Cc1cccc(OCC(O)CN=C(N)N2CCSCC2)c1. The van der Waals surface area contributed by atoms with Gasteiger partial charge >= 0.3 is 0 Å². The van der Waals surface area contributed by atoms with Crippen LogP contribution in [0.5, 0.6) is 5.75 Å². The molecule has 0 bridgehead atoms. The maximum absolute atomic E-state index is 9.92. The van der Waals surface area contributed by atoms with Gasteiger partial charge in [-0.05, 0) is 24.6 Å². The van der Waals surface area contributed by atoms with Crippen LogP contribution in [-0.2, 0) is 0 Å². The second-order valence-electron chi connectivity index (χ2n) is 5.08. The van der Waals surface area contributed by atoms with Crippen molar-refractivity contribution >= 4 is 17.7 Å². The Kier molecular flexibility index (Phi) is 6.20. The molecule has 1 unspecified atom stereocenters. The quantitative estimate of drug-likeness (QED) is 0.629. The molecule has 1 heterocycles. The molecule has 6 heteroatoms. The molecule has 0 aliphatic carbocycles. The molecular formula is C15H23N3O2S. The largest absolute Gasteiger partial charge is 0.491 e. The molecule has 0 aromatic heterocycles. The van der Waals surface area contributed by atoms with Crippen LogP contribution in [0.3, 0.4) is 0 Å². The number of aryl methyl sites for hydroxylation is 1. The third kappa shape index (κ3) is 5.47. The standard InChI is InChI=1S/C15H23N3O2S/c1-12-3-2-4-14(9-12)20-11-13(19)10-17-15(16)18-5-7-21-8-6-18/h2-4,9,13,19H,5-8,10-11H2,1H3,(H2,16,17). The van der Waals surface area contributed by atoms with Crippen LogP contribution < -0.4 is 10.5 Å². The summed E-state index contributed by atoms with van der Waals surface area (Å²) in [6.07, 6.45) is -0.650. The van der Waals surface area contributed by atoms with Gasteiger partial charge in [0.05, 0.1) is 6.54 Å². The molecule has 0 amide bonds. The fraction of sp³-hybridized carbons (Fsp3) is 0.533. The lowest BCUT2D eigenvalue weighted by Gasteiger charge is -2.27. The van der Waals surface area contributed by atoms with E-state index in [1.165, 1.54) is 0 Å². The maximum atomic E-state index is 9.92. The number of benzene rings is 1. The number of aliphatic imine (C=N–C) groups is 1. The highest BCUT2D eigenvalue weighted by Crippen LogP contribution is 2.12. The van der Waals surface area contributed by atoms with Crippen molar-refractivity contribution in [3.8, 4) is 5.75 Å². The molecule has 1 aromatic rings. The Morgan fingerprint density at radius 2 is 2.24 bits per heavy atom.